The second-order valence-electron chi connectivity index (χ2n) is 8.46. The lowest BCUT2D eigenvalue weighted by molar-refractivity contribution is -0.137. The Morgan fingerprint density at radius 1 is 1.03 bits per heavy atom. The molecule has 0 radical (unpaired) electrons. The van der Waals surface area contributed by atoms with Gasteiger partial charge in [0.1, 0.15) is 11.8 Å². The van der Waals surface area contributed by atoms with Crippen LogP contribution in [0.15, 0.2) is 64.9 Å². The largest absolute Gasteiger partial charge is 0.511 e. The van der Waals surface area contributed by atoms with Crippen molar-refractivity contribution >= 4 is 35.5 Å². The standard InChI is InChI=1S/C25H22N4O5/c30-21-11-19(14-5-2-1-3-6-14)27-23(32)16(21)12-26-18-8-4-7-15-17(18)13-29(25(15)34)20-9-10-22(31)28-24(20)33/h1-8,12,19-20,30H,9-11,13H2,(H,27,32)(H,28,31,33). The summed E-state index contributed by atoms with van der Waals surface area (Å²) >= 11 is 0. The van der Waals surface area contributed by atoms with Gasteiger partial charge in [0.15, 0.2) is 0 Å². The van der Waals surface area contributed by atoms with E-state index in [2.05, 4.69) is 15.6 Å². The molecule has 34 heavy (non-hydrogen) atoms. The van der Waals surface area contributed by atoms with Crippen LogP contribution in [0.2, 0.25) is 0 Å². The van der Waals surface area contributed by atoms with Gasteiger partial charge in [-0.15, -0.1) is 0 Å². The van der Waals surface area contributed by atoms with Crippen molar-refractivity contribution in [2.24, 2.45) is 4.99 Å². The summed E-state index contributed by atoms with van der Waals surface area (Å²) in [6.07, 6.45) is 1.99. The number of benzene rings is 2. The van der Waals surface area contributed by atoms with E-state index in [1.165, 1.54) is 11.1 Å². The van der Waals surface area contributed by atoms with Crippen molar-refractivity contribution in [1.82, 2.24) is 15.5 Å². The number of imide groups is 1. The maximum Gasteiger partial charge on any atom is 0.256 e. The van der Waals surface area contributed by atoms with Crippen molar-refractivity contribution in [2.45, 2.75) is 37.9 Å². The SMILES string of the molecule is O=C1CCC(N2Cc3c(N=CC4=C(O)CC(c5ccccc5)NC4=O)cccc3C2=O)C(=O)N1. The first-order chi connectivity index (χ1) is 16.4. The highest BCUT2D eigenvalue weighted by molar-refractivity contribution is 6.14. The van der Waals surface area contributed by atoms with Gasteiger partial charge in [-0.3, -0.25) is 29.5 Å². The van der Waals surface area contributed by atoms with Gasteiger partial charge in [0.25, 0.3) is 11.8 Å². The molecule has 2 aromatic rings. The normalized spacial score (nSPS) is 22.8. The Morgan fingerprint density at radius 3 is 2.56 bits per heavy atom. The molecule has 0 aromatic heterocycles. The fraction of sp³-hybridized carbons (Fsp3) is 0.240. The first-order valence-corrected chi connectivity index (χ1v) is 11.0. The van der Waals surface area contributed by atoms with Gasteiger partial charge in [0.2, 0.25) is 11.8 Å². The zero-order valence-electron chi connectivity index (χ0n) is 18.2. The first-order valence-electron chi connectivity index (χ1n) is 11.0. The van der Waals surface area contributed by atoms with Crippen LogP contribution < -0.4 is 10.6 Å². The van der Waals surface area contributed by atoms with E-state index < -0.39 is 17.9 Å². The van der Waals surface area contributed by atoms with Crippen molar-refractivity contribution in [3.63, 3.8) is 0 Å². The van der Waals surface area contributed by atoms with Crippen LogP contribution in [0.3, 0.4) is 0 Å². The summed E-state index contributed by atoms with van der Waals surface area (Å²) in [4.78, 5) is 55.2. The summed E-state index contributed by atoms with van der Waals surface area (Å²) in [5.74, 6) is -1.62. The second kappa shape index (κ2) is 8.58. The van der Waals surface area contributed by atoms with Gasteiger partial charge in [-0.2, -0.15) is 0 Å². The van der Waals surface area contributed by atoms with Crippen LogP contribution in [0.5, 0.6) is 0 Å². The maximum absolute atomic E-state index is 13.0. The van der Waals surface area contributed by atoms with Gasteiger partial charge in [0, 0.05) is 36.7 Å². The highest BCUT2D eigenvalue weighted by Gasteiger charge is 2.39. The van der Waals surface area contributed by atoms with E-state index in [0.717, 1.165) is 5.56 Å². The molecule has 4 amide bonds. The summed E-state index contributed by atoms with van der Waals surface area (Å²) in [5, 5.41) is 15.7. The van der Waals surface area contributed by atoms with E-state index in [1.54, 1.807) is 18.2 Å². The minimum Gasteiger partial charge on any atom is -0.511 e. The Morgan fingerprint density at radius 2 is 1.82 bits per heavy atom. The molecule has 0 aliphatic carbocycles. The minimum atomic E-state index is -0.722. The van der Waals surface area contributed by atoms with E-state index in [0.29, 0.717) is 16.8 Å². The molecule has 1 saturated heterocycles. The quantitative estimate of drug-likeness (QED) is 0.478. The third-order valence-corrected chi connectivity index (χ3v) is 6.35. The molecule has 0 bridgehead atoms. The smallest absolute Gasteiger partial charge is 0.256 e. The van der Waals surface area contributed by atoms with Gasteiger partial charge in [-0.25, -0.2) is 0 Å². The Hall–Kier alpha value is -4.27. The topological polar surface area (TPSA) is 128 Å². The number of nitrogens with zero attached hydrogens (tertiary/aromatic N) is 2. The van der Waals surface area contributed by atoms with E-state index in [1.807, 2.05) is 30.3 Å². The number of hydrogen-bond donors (Lipinski definition) is 3. The predicted octanol–water partition coefficient (Wildman–Crippen LogP) is 2.22. The van der Waals surface area contributed by atoms with Crippen LogP contribution in [0.1, 0.15) is 46.8 Å². The number of rotatable bonds is 4. The van der Waals surface area contributed by atoms with Gasteiger partial charge in [-0.1, -0.05) is 36.4 Å². The summed E-state index contributed by atoms with van der Waals surface area (Å²) in [5.41, 5.74) is 2.49. The maximum atomic E-state index is 13.0. The molecule has 0 saturated carbocycles. The number of hydrogen-bond acceptors (Lipinski definition) is 6. The number of fused-ring (bicyclic) bond motifs is 1. The number of aliphatic hydroxyl groups excluding tert-OH is 1. The average Bonchev–Trinajstić information content (AvgIpc) is 3.16. The minimum absolute atomic E-state index is 0.0600. The molecule has 1 fully saturated rings. The van der Waals surface area contributed by atoms with Crippen molar-refractivity contribution in [2.75, 3.05) is 0 Å². The molecule has 2 atom stereocenters. The molecule has 3 aliphatic heterocycles. The molecule has 2 unspecified atom stereocenters. The van der Waals surface area contributed by atoms with Gasteiger partial charge in [0.05, 0.1) is 17.3 Å². The molecule has 2 aromatic carbocycles. The van der Waals surface area contributed by atoms with Crippen molar-refractivity contribution < 1.29 is 24.3 Å². The lowest BCUT2D eigenvalue weighted by Crippen LogP contribution is -2.52. The molecular formula is C25H22N4O5. The number of carbonyl (C=O) groups is 4. The molecule has 3 aliphatic rings. The number of piperidine rings is 1. The third-order valence-electron chi connectivity index (χ3n) is 6.35. The molecule has 172 valence electrons. The van der Waals surface area contributed by atoms with Crippen LogP contribution in [-0.2, 0) is 20.9 Å². The molecule has 3 N–H and O–H groups in total. The number of amides is 4. The van der Waals surface area contributed by atoms with Crippen LogP contribution in [0, 0.1) is 0 Å². The monoisotopic (exact) mass is 458 g/mol. The molecule has 0 spiro atoms. The van der Waals surface area contributed by atoms with E-state index in [9.17, 15) is 24.3 Å². The molecule has 9 nitrogen and oxygen atoms in total. The van der Waals surface area contributed by atoms with Crippen LogP contribution in [0.25, 0.3) is 0 Å². The first kappa shape index (κ1) is 21.6. The van der Waals surface area contributed by atoms with Crippen molar-refractivity contribution in [3.8, 4) is 0 Å². The predicted molar refractivity (Wildman–Crippen MR) is 122 cm³/mol. The highest BCUT2D eigenvalue weighted by Crippen LogP contribution is 2.34. The lowest BCUT2D eigenvalue weighted by atomic mass is 9.97. The van der Waals surface area contributed by atoms with Gasteiger partial charge >= 0.3 is 0 Å². The average molecular weight is 458 g/mol. The molecular weight excluding hydrogens is 436 g/mol. The Balaban J connectivity index is 1.38. The number of aliphatic hydroxyl groups is 1. The van der Waals surface area contributed by atoms with E-state index >= 15 is 0 Å². The Bertz CT molecular complexity index is 1270. The van der Waals surface area contributed by atoms with Crippen LogP contribution in [0.4, 0.5) is 5.69 Å². The van der Waals surface area contributed by atoms with E-state index in [-0.39, 0.29) is 55.0 Å². The highest BCUT2D eigenvalue weighted by atomic mass is 16.3. The van der Waals surface area contributed by atoms with Crippen LogP contribution >= 0.6 is 0 Å². The summed E-state index contributed by atoms with van der Waals surface area (Å²) < 4.78 is 0. The summed E-state index contributed by atoms with van der Waals surface area (Å²) in [6.45, 7) is 0.168. The third kappa shape index (κ3) is 3.85. The van der Waals surface area contributed by atoms with Crippen molar-refractivity contribution in [1.29, 1.82) is 0 Å². The fourth-order valence-electron chi connectivity index (χ4n) is 4.57. The number of aliphatic imine (C=N–C) groups is 1. The Kier molecular flexibility index (Phi) is 5.45. The summed E-state index contributed by atoms with van der Waals surface area (Å²) in [6, 6.07) is 13.4. The second-order valence-corrected chi connectivity index (χ2v) is 8.46. The summed E-state index contributed by atoms with van der Waals surface area (Å²) in [7, 11) is 0. The fourth-order valence-corrected chi connectivity index (χ4v) is 4.57. The van der Waals surface area contributed by atoms with E-state index in [4.69, 9.17) is 0 Å². The lowest BCUT2D eigenvalue weighted by Gasteiger charge is -2.29. The van der Waals surface area contributed by atoms with Gasteiger partial charge in [-0.05, 0) is 24.1 Å². The zero-order chi connectivity index (χ0) is 23.8. The number of nitrogens with one attached hydrogen (secondary N) is 2. The number of carbonyl (C=O) groups excluding carboxylic acids is 4. The molecule has 5 rings (SSSR count). The van der Waals surface area contributed by atoms with Crippen molar-refractivity contribution in [3.05, 3.63) is 76.6 Å². The molecule has 9 heteroatoms. The van der Waals surface area contributed by atoms with Gasteiger partial charge < -0.3 is 15.3 Å². The Labute approximate surface area is 195 Å². The zero-order valence-corrected chi connectivity index (χ0v) is 18.2. The molecule has 3 heterocycles. The van der Waals surface area contributed by atoms with Crippen LogP contribution in [-0.4, -0.2) is 45.9 Å².